The van der Waals surface area contributed by atoms with Gasteiger partial charge < -0.3 is 39.0 Å². The molecule has 0 aromatic heterocycles. The van der Waals surface area contributed by atoms with Gasteiger partial charge in [0, 0.05) is 19.3 Å². The van der Waals surface area contributed by atoms with Crippen LogP contribution in [0, 0.1) is 0 Å². The number of carbonyl (C=O) groups excluding carboxylic acids is 3. The van der Waals surface area contributed by atoms with Crippen molar-refractivity contribution in [3.05, 3.63) is 60.8 Å². The molecular weight excluding hydrogens is 973 g/mol. The van der Waals surface area contributed by atoms with Gasteiger partial charge in [0.2, 0.25) is 0 Å². The van der Waals surface area contributed by atoms with Crippen molar-refractivity contribution in [2.75, 3.05) is 13.2 Å². The predicted molar refractivity (Wildman–Crippen MR) is 312 cm³/mol. The third-order valence-corrected chi connectivity index (χ3v) is 14.1. The minimum Gasteiger partial charge on any atom is -0.479 e. The average Bonchev–Trinajstić information content (AvgIpc) is 3.42. The Morgan fingerprint density at radius 2 is 0.818 bits per heavy atom. The maximum atomic E-state index is 13.1. The summed E-state index contributed by atoms with van der Waals surface area (Å²) in [7, 11) is 0. The van der Waals surface area contributed by atoms with Gasteiger partial charge in [0.1, 0.15) is 18.8 Å². The van der Waals surface area contributed by atoms with Gasteiger partial charge in [-0.2, -0.15) is 0 Å². The van der Waals surface area contributed by atoms with Crippen molar-refractivity contribution in [1.82, 2.24) is 0 Å². The summed E-state index contributed by atoms with van der Waals surface area (Å²) in [5, 5.41) is 31.5. The number of hydrogen-bond donors (Lipinski definition) is 3. The average molecular weight is 1090 g/mol. The number of allylic oxidation sites excluding steroid dienone is 10. The molecule has 12 nitrogen and oxygen atoms in total. The Balaban J connectivity index is 2.61. The number of hydrogen-bond acceptors (Lipinski definition) is 11. The number of aliphatic hydroxyl groups is 2. The van der Waals surface area contributed by atoms with Gasteiger partial charge in [-0.3, -0.25) is 14.4 Å². The van der Waals surface area contributed by atoms with E-state index in [0.29, 0.717) is 19.3 Å². The van der Waals surface area contributed by atoms with Crippen LogP contribution in [-0.4, -0.2) is 89.2 Å². The molecular formula is C65H112O12. The highest BCUT2D eigenvalue weighted by Crippen LogP contribution is 2.26. The van der Waals surface area contributed by atoms with Crippen molar-refractivity contribution in [3.8, 4) is 0 Å². The van der Waals surface area contributed by atoms with Crippen molar-refractivity contribution < 1.29 is 58.2 Å². The Morgan fingerprint density at radius 1 is 0.442 bits per heavy atom. The van der Waals surface area contributed by atoms with Crippen molar-refractivity contribution in [3.63, 3.8) is 0 Å². The van der Waals surface area contributed by atoms with E-state index in [-0.39, 0.29) is 25.9 Å². The van der Waals surface area contributed by atoms with Crippen LogP contribution in [0.5, 0.6) is 0 Å². The zero-order valence-corrected chi connectivity index (χ0v) is 49.0. The van der Waals surface area contributed by atoms with Crippen molar-refractivity contribution in [1.29, 1.82) is 0 Å². The quantitative estimate of drug-likeness (QED) is 0.0228. The lowest BCUT2D eigenvalue weighted by Gasteiger charge is -2.40. The topological polar surface area (TPSA) is 175 Å². The van der Waals surface area contributed by atoms with Crippen LogP contribution in [0.1, 0.15) is 278 Å². The number of esters is 3. The molecule has 12 heteroatoms. The van der Waals surface area contributed by atoms with Crippen LogP contribution >= 0.6 is 0 Å². The molecule has 0 bridgehead atoms. The Labute approximate surface area is 468 Å². The molecule has 1 fully saturated rings. The van der Waals surface area contributed by atoms with Gasteiger partial charge in [-0.1, -0.05) is 255 Å². The highest BCUT2D eigenvalue weighted by atomic mass is 16.7. The lowest BCUT2D eigenvalue weighted by atomic mass is 9.98. The number of unbranched alkanes of at least 4 members (excludes halogenated alkanes) is 29. The van der Waals surface area contributed by atoms with Gasteiger partial charge in [0.25, 0.3) is 0 Å². The molecule has 1 aliphatic heterocycles. The minimum atomic E-state index is -1.91. The molecule has 1 aliphatic rings. The summed E-state index contributed by atoms with van der Waals surface area (Å²) in [6, 6.07) is 0. The summed E-state index contributed by atoms with van der Waals surface area (Å²) >= 11 is 0. The van der Waals surface area contributed by atoms with E-state index >= 15 is 0 Å². The first-order valence-corrected chi connectivity index (χ1v) is 31.3. The molecule has 0 spiro atoms. The molecule has 0 saturated carbocycles. The Kier molecular flexibility index (Phi) is 49.2. The molecule has 1 heterocycles. The number of carboxylic acid groups (broad SMARTS) is 1. The highest BCUT2D eigenvalue weighted by molar-refractivity contribution is 5.74. The molecule has 0 amide bonds. The van der Waals surface area contributed by atoms with Crippen LogP contribution in [0.4, 0.5) is 0 Å². The monoisotopic (exact) mass is 1080 g/mol. The summed E-state index contributed by atoms with van der Waals surface area (Å²) in [6.07, 6.45) is 53.5. The summed E-state index contributed by atoms with van der Waals surface area (Å²) in [5.74, 6) is -3.14. The normalized spacial score (nSPS) is 18.4. The fourth-order valence-electron chi connectivity index (χ4n) is 9.34. The van der Waals surface area contributed by atoms with Crippen molar-refractivity contribution in [2.45, 2.75) is 314 Å². The first-order chi connectivity index (χ1) is 37.6. The van der Waals surface area contributed by atoms with E-state index in [4.69, 9.17) is 23.7 Å². The Hall–Kier alpha value is -3.58. The number of carbonyl (C=O) groups is 4. The van der Waals surface area contributed by atoms with E-state index in [1.807, 2.05) is 0 Å². The molecule has 6 atom stereocenters. The summed E-state index contributed by atoms with van der Waals surface area (Å²) in [4.78, 5) is 51.1. The lowest BCUT2D eigenvalue weighted by Crippen LogP contribution is -2.61. The van der Waals surface area contributed by atoms with Gasteiger partial charge in [-0.25, -0.2) is 4.79 Å². The molecule has 77 heavy (non-hydrogen) atoms. The standard InChI is InChI=1S/C65H112O12/c1-4-7-10-13-16-19-21-23-25-27-29-31-33-35-37-40-42-45-48-51-57(66)73-54-56(75-58(67)52-49-46-43-39-18-15-12-9-6-3)55-74-65-63(61(70)60(69)62(77-65)64(71)72)76-59(68)53-50-47-44-41-38-36-34-32-30-28-26-24-22-20-17-14-11-8-5-2/h8,11,17,20,24,26,30,32,36,38,56,60-63,65,69-70H,4-7,9-10,12-16,18-19,21-23,25,27-29,31,33-35,37,39-55H2,1-3H3,(H,71,72)/b11-8-,20-17-,26-24-,32-30-,38-36-. The van der Waals surface area contributed by atoms with Gasteiger partial charge in [-0.05, 0) is 64.2 Å². The third kappa shape index (κ3) is 43.0. The first-order valence-electron chi connectivity index (χ1n) is 31.3. The van der Waals surface area contributed by atoms with E-state index in [2.05, 4.69) is 81.5 Å². The molecule has 0 radical (unpaired) electrons. The summed E-state index contributed by atoms with van der Waals surface area (Å²) in [6.45, 7) is 5.87. The van der Waals surface area contributed by atoms with Gasteiger partial charge in [-0.15, -0.1) is 0 Å². The van der Waals surface area contributed by atoms with Crippen LogP contribution in [0.15, 0.2) is 60.8 Å². The SMILES string of the molecule is CC/C=C\C/C=C\C/C=C\C/C=C\C/C=C\CCCCCC(=O)OC1C(OCC(COC(=O)CCCCCCCCCCCCCCCCCCCCC)OC(=O)CCCCCCCCCCC)OC(C(=O)O)C(O)C1O. The van der Waals surface area contributed by atoms with Gasteiger partial charge >= 0.3 is 23.9 Å². The number of ether oxygens (including phenoxy) is 5. The largest absolute Gasteiger partial charge is 0.479 e. The molecule has 1 rings (SSSR count). The molecule has 3 N–H and O–H groups in total. The van der Waals surface area contributed by atoms with Gasteiger partial charge in [0.05, 0.1) is 6.61 Å². The molecule has 0 aromatic carbocycles. The third-order valence-electron chi connectivity index (χ3n) is 14.1. The fourth-order valence-corrected chi connectivity index (χ4v) is 9.34. The molecule has 6 unspecified atom stereocenters. The number of rotatable bonds is 53. The van der Waals surface area contributed by atoms with Crippen LogP contribution < -0.4 is 0 Å². The molecule has 444 valence electrons. The van der Waals surface area contributed by atoms with E-state index in [9.17, 15) is 34.5 Å². The van der Waals surface area contributed by atoms with Crippen LogP contribution in [0.25, 0.3) is 0 Å². The number of carboxylic acids is 1. The summed E-state index contributed by atoms with van der Waals surface area (Å²) < 4.78 is 28.4. The van der Waals surface area contributed by atoms with Gasteiger partial charge in [0.15, 0.2) is 24.6 Å². The maximum absolute atomic E-state index is 13.1. The van der Waals surface area contributed by atoms with E-state index in [1.54, 1.807) is 0 Å². The number of aliphatic carboxylic acids is 1. The second kappa shape index (κ2) is 53.1. The number of aliphatic hydroxyl groups excluding tert-OH is 2. The van der Waals surface area contributed by atoms with E-state index in [0.717, 1.165) is 89.9 Å². The second-order valence-corrected chi connectivity index (χ2v) is 21.3. The van der Waals surface area contributed by atoms with E-state index < -0.39 is 67.3 Å². The maximum Gasteiger partial charge on any atom is 0.335 e. The van der Waals surface area contributed by atoms with E-state index in [1.165, 1.54) is 128 Å². The lowest BCUT2D eigenvalue weighted by molar-refractivity contribution is -0.301. The van der Waals surface area contributed by atoms with Crippen LogP contribution in [0.2, 0.25) is 0 Å². The minimum absolute atomic E-state index is 0.0224. The Bertz CT molecular complexity index is 1570. The first kappa shape index (κ1) is 71.4. The van der Waals surface area contributed by atoms with Crippen molar-refractivity contribution in [2.24, 2.45) is 0 Å². The molecule has 0 aromatic rings. The Morgan fingerprint density at radius 3 is 1.25 bits per heavy atom. The smallest absolute Gasteiger partial charge is 0.335 e. The zero-order chi connectivity index (χ0) is 56.1. The highest BCUT2D eigenvalue weighted by Gasteiger charge is 2.50. The molecule has 1 saturated heterocycles. The zero-order valence-electron chi connectivity index (χ0n) is 49.0. The van der Waals surface area contributed by atoms with Crippen LogP contribution in [-0.2, 0) is 42.9 Å². The summed E-state index contributed by atoms with van der Waals surface area (Å²) in [5.41, 5.74) is 0. The fraction of sp³-hybridized carbons (Fsp3) is 0.785. The van der Waals surface area contributed by atoms with Crippen molar-refractivity contribution >= 4 is 23.9 Å². The predicted octanol–water partition coefficient (Wildman–Crippen LogP) is 16.3. The molecule has 0 aliphatic carbocycles. The van der Waals surface area contributed by atoms with Crippen LogP contribution in [0.3, 0.4) is 0 Å². The second-order valence-electron chi connectivity index (χ2n) is 21.3.